The normalized spacial score (nSPS) is 10.9. The van der Waals surface area contributed by atoms with Gasteiger partial charge in [0.2, 0.25) is 0 Å². The lowest BCUT2D eigenvalue weighted by molar-refractivity contribution is 0.626. The number of aryl methyl sites for hydroxylation is 1. The van der Waals surface area contributed by atoms with Crippen LogP contribution in [0.15, 0.2) is 54.7 Å². The first-order valence-corrected chi connectivity index (χ1v) is 8.49. The van der Waals surface area contributed by atoms with Gasteiger partial charge in [-0.1, -0.05) is 42.0 Å². The summed E-state index contributed by atoms with van der Waals surface area (Å²) in [6.07, 6.45) is 2.83. The van der Waals surface area contributed by atoms with Gasteiger partial charge in [-0.2, -0.15) is 0 Å². The Morgan fingerprint density at radius 1 is 1.13 bits per heavy atom. The summed E-state index contributed by atoms with van der Waals surface area (Å²) in [5, 5.41) is 4.48. The second-order valence-corrected chi connectivity index (χ2v) is 6.66. The molecule has 3 rings (SSSR count). The minimum Gasteiger partial charge on any atom is -0.310 e. The molecule has 23 heavy (non-hydrogen) atoms. The van der Waals surface area contributed by atoms with Crippen LogP contribution in [0.2, 0.25) is 0 Å². The Hall–Kier alpha value is -2.04. The summed E-state index contributed by atoms with van der Waals surface area (Å²) in [5.41, 5.74) is 3.62. The van der Waals surface area contributed by atoms with Crippen LogP contribution < -0.4 is 5.32 Å². The van der Waals surface area contributed by atoms with Gasteiger partial charge in [0.05, 0.1) is 4.88 Å². The fourth-order valence-electron chi connectivity index (χ4n) is 2.40. The summed E-state index contributed by atoms with van der Waals surface area (Å²) in [4.78, 5) is 5.68. The third-order valence-corrected chi connectivity index (χ3v) is 4.68. The van der Waals surface area contributed by atoms with Gasteiger partial charge in [-0.05, 0) is 43.1 Å². The molecule has 1 N–H and O–H groups in total. The van der Waals surface area contributed by atoms with E-state index < -0.39 is 0 Å². The van der Waals surface area contributed by atoms with Crippen molar-refractivity contribution >= 4 is 11.3 Å². The van der Waals surface area contributed by atoms with E-state index in [0.717, 1.165) is 30.1 Å². The highest BCUT2D eigenvalue weighted by Gasteiger charge is 2.04. The van der Waals surface area contributed by atoms with E-state index in [1.54, 1.807) is 11.3 Å². The number of thiazole rings is 1. The topological polar surface area (TPSA) is 24.9 Å². The van der Waals surface area contributed by atoms with Crippen molar-refractivity contribution < 1.29 is 4.39 Å². The first-order chi connectivity index (χ1) is 11.2. The molecule has 0 saturated heterocycles. The molecule has 0 aliphatic carbocycles. The van der Waals surface area contributed by atoms with Crippen LogP contribution in [0.5, 0.6) is 0 Å². The molecular weight excluding hydrogens is 307 g/mol. The zero-order valence-corrected chi connectivity index (χ0v) is 13.9. The van der Waals surface area contributed by atoms with Crippen LogP contribution in [0.1, 0.15) is 16.1 Å². The monoisotopic (exact) mass is 326 g/mol. The highest BCUT2D eigenvalue weighted by molar-refractivity contribution is 7.15. The van der Waals surface area contributed by atoms with Crippen LogP contribution in [0.4, 0.5) is 4.39 Å². The molecule has 0 bridgehead atoms. The van der Waals surface area contributed by atoms with Crippen LogP contribution in [-0.4, -0.2) is 11.5 Å². The predicted molar refractivity (Wildman–Crippen MR) is 94.1 cm³/mol. The first kappa shape index (κ1) is 15.8. The van der Waals surface area contributed by atoms with Gasteiger partial charge in [-0.3, -0.25) is 0 Å². The zero-order chi connectivity index (χ0) is 16.1. The van der Waals surface area contributed by atoms with Crippen molar-refractivity contribution in [2.45, 2.75) is 19.9 Å². The van der Waals surface area contributed by atoms with Gasteiger partial charge < -0.3 is 5.32 Å². The Morgan fingerprint density at radius 3 is 2.74 bits per heavy atom. The number of nitrogens with zero attached hydrogens (tertiary/aromatic N) is 1. The smallest absolute Gasteiger partial charge is 0.123 e. The van der Waals surface area contributed by atoms with Gasteiger partial charge in [0.1, 0.15) is 10.8 Å². The molecule has 0 amide bonds. The zero-order valence-electron chi connectivity index (χ0n) is 13.1. The standard InChI is InChI=1S/C19H19FN2S/c1-14-3-2-4-16(11-14)18-12-22-19(23-18)13-21-10-9-15-5-7-17(20)8-6-15/h2-8,11-12,21H,9-10,13H2,1H3. The van der Waals surface area contributed by atoms with Crippen molar-refractivity contribution in [3.05, 3.63) is 76.7 Å². The van der Waals surface area contributed by atoms with Crippen molar-refractivity contribution in [3.63, 3.8) is 0 Å². The molecule has 0 saturated carbocycles. The van der Waals surface area contributed by atoms with Gasteiger partial charge in [0, 0.05) is 12.7 Å². The van der Waals surface area contributed by atoms with E-state index in [0.29, 0.717) is 0 Å². The van der Waals surface area contributed by atoms with Crippen LogP contribution >= 0.6 is 11.3 Å². The number of hydrogen-bond donors (Lipinski definition) is 1. The molecule has 2 aromatic carbocycles. The summed E-state index contributed by atoms with van der Waals surface area (Å²) in [6, 6.07) is 15.1. The highest BCUT2D eigenvalue weighted by atomic mass is 32.1. The first-order valence-electron chi connectivity index (χ1n) is 7.67. The lowest BCUT2D eigenvalue weighted by atomic mass is 10.1. The third kappa shape index (κ3) is 4.47. The van der Waals surface area contributed by atoms with E-state index in [-0.39, 0.29) is 5.82 Å². The van der Waals surface area contributed by atoms with Crippen molar-refractivity contribution in [1.29, 1.82) is 0 Å². The van der Waals surface area contributed by atoms with Crippen molar-refractivity contribution in [2.75, 3.05) is 6.54 Å². The molecule has 0 spiro atoms. The second kappa shape index (κ2) is 7.49. The lowest BCUT2D eigenvalue weighted by Crippen LogP contribution is -2.16. The van der Waals surface area contributed by atoms with E-state index in [2.05, 4.69) is 41.5 Å². The maximum Gasteiger partial charge on any atom is 0.123 e. The van der Waals surface area contributed by atoms with Crippen LogP contribution in [0.25, 0.3) is 10.4 Å². The number of rotatable bonds is 6. The molecule has 0 unspecified atom stereocenters. The Labute approximate surface area is 140 Å². The lowest BCUT2D eigenvalue weighted by Gasteiger charge is -2.03. The van der Waals surface area contributed by atoms with Crippen molar-refractivity contribution in [1.82, 2.24) is 10.3 Å². The van der Waals surface area contributed by atoms with E-state index in [1.807, 2.05) is 18.3 Å². The molecule has 0 aliphatic rings. The number of nitrogens with one attached hydrogen (secondary N) is 1. The predicted octanol–water partition coefficient (Wildman–Crippen LogP) is 4.59. The Morgan fingerprint density at radius 2 is 1.96 bits per heavy atom. The molecule has 1 aromatic heterocycles. The van der Waals surface area contributed by atoms with Crippen LogP contribution in [-0.2, 0) is 13.0 Å². The van der Waals surface area contributed by atoms with Gasteiger partial charge in [0.15, 0.2) is 0 Å². The molecular formula is C19H19FN2S. The van der Waals surface area contributed by atoms with E-state index in [1.165, 1.54) is 28.1 Å². The summed E-state index contributed by atoms with van der Waals surface area (Å²) in [7, 11) is 0. The van der Waals surface area contributed by atoms with Gasteiger partial charge >= 0.3 is 0 Å². The average Bonchev–Trinajstić information content (AvgIpc) is 3.02. The minimum atomic E-state index is -0.187. The fourth-order valence-corrected chi connectivity index (χ4v) is 3.29. The summed E-state index contributed by atoms with van der Waals surface area (Å²) < 4.78 is 12.8. The van der Waals surface area contributed by atoms with Crippen molar-refractivity contribution in [2.24, 2.45) is 0 Å². The molecule has 0 fully saturated rings. The number of aromatic nitrogens is 1. The Balaban J connectivity index is 1.50. The minimum absolute atomic E-state index is 0.187. The highest BCUT2D eigenvalue weighted by Crippen LogP contribution is 2.26. The molecule has 0 aliphatic heterocycles. The molecule has 1 heterocycles. The van der Waals surface area contributed by atoms with Crippen LogP contribution in [0.3, 0.4) is 0 Å². The quantitative estimate of drug-likeness (QED) is 0.670. The second-order valence-electron chi connectivity index (χ2n) is 5.54. The SMILES string of the molecule is Cc1cccc(-c2cnc(CNCCc3ccc(F)cc3)s2)c1. The molecule has 3 aromatic rings. The van der Waals surface area contributed by atoms with E-state index >= 15 is 0 Å². The number of hydrogen-bond acceptors (Lipinski definition) is 3. The summed E-state index contributed by atoms with van der Waals surface area (Å²) in [6.45, 7) is 3.71. The van der Waals surface area contributed by atoms with Gasteiger partial charge in [-0.25, -0.2) is 9.37 Å². The maximum atomic E-state index is 12.8. The largest absolute Gasteiger partial charge is 0.310 e. The van der Waals surface area contributed by atoms with E-state index in [4.69, 9.17) is 0 Å². The molecule has 118 valence electrons. The Bertz CT molecular complexity index is 765. The van der Waals surface area contributed by atoms with Crippen LogP contribution in [0, 0.1) is 12.7 Å². The van der Waals surface area contributed by atoms with Gasteiger partial charge in [0.25, 0.3) is 0 Å². The molecule has 0 radical (unpaired) electrons. The molecule has 2 nitrogen and oxygen atoms in total. The Kier molecular flexibility index (Phi) is 5.16. The third-order valence-electron chi connectivity index (χ3n) is 3.64. The maximum absolute atomic E-state index is 12.8. The van der Waals surface area contributed by atoms with Gasteiger partial charge in [-0.15, -0.1) is 11.3 Å². The summed E-state index contributed by atoms with van der Waals surface area (Å²) in [5.74, 6) is -0.187. The fraction of sp³-hybridized carbons (Fsp3) is 0.211. The molecule has 0 atom stereocenters. The number of halogens is 1. The number of benzene rings is 2. The summed E-state index contributed by atoms with van der Waals surface area (Å²) >= 11 is 1.72. The van der Waals surface area contributed by atoms with Crippen molar-refractivity contribution in [3.8, 4) is 10.4 Å². The molecule has 4 heteroatoms. The average molecular weight is 326 g/mol. The van der Waals surface area contributed by atoms with E-state index in [9.17, 15) is 4.39 Å².